The molecule has 1 aromatic carbocycles. The summed E-state index contributed by atoms with van der Waals surface area (Å²) in [6.45, 7) is 3.26. The number of nitro benzene ring substituents is 1. The number of hydrogen-bond donors (Lipinski definition) is 0. The Balaban J connectivity index is 3.07. The molecular formula is C12H8N2O4. The number of fused-ring (bicyclic) bond motifs is 1. The monoisotopic (exact) mass is 244 g/mol. The summed E-state index contributed by atoms with van der Waals surface area (Å²) in [5, 5.41) is 19.8. The zero-order chi connectivity index (χ0) is 13.4. The van der Waals surface area contributed by atoms with Gasteiger partial charge in [-0.2, -0.15) is 5.26 Å². The van der Waals surface area contributed by atoms with E-state index in [0.717, 1.165) is 6.26 Å². The van der Waals surface area contributed by atoms with Crippen LogP contribution in [-0.2, 0) is 0 Å². The highest BCUT2D eigenvalue weighted by atomic mass is 16.6. The van der Waals surface area contributed by atoms with Crippen molar-refractivity contribution in [1.82, 2.24) is 0 Å². The van der Waals surface area contributed by atoms with E-state index in [1.807, 2.05) is 0 Å². The van der Waals surface area contributed by atoms with E-state index in [0.29, 0.717) is 11.1 Å². The van der Waals surface area contributed by atoms with Gasteiger partial charge >= 0.3 is 5.69 Å². The standard InChI is InChI=1S/C12H8N2O4/c1-6-3-9-11(15)8(4-13)5-18-12(9)10(7(6)2)14(16)17/h3,5H,1-2H3. The van der Waals surface area contributed by atoms with Gasteiger partial charge in [-0.15, -0.1) is 0 Å². The van der Waals surface area contributed by atoms with Crippen LogP contribution in [0.4, 0.5) is 5.69 Å². The fourth-order valence-electron chi connectivity index (χ4n) is 1.78. The minimum absolute atomic E-state index is 0.0591. The minimum Gasteiger partial charge on any atom is -0.455 e. The van der Waals surface area contributed by atoms with E-state index in [1.54, 1.807) is 19.9 Å². The van der Waals surface area contributed by atoms with Crippen LogP contribution < -0.4 is 5.43 Å². The minimum atomic E-state index is -0.584. The van der Waals surface area contributed by atoms with Gasteiger partial charge in [0.25, 0.3) is 0 Å². The van der Waals surface area contributed by atoms with Crippen molar-refractivity contribution in [3.8, 4) is 6.07 Å². The summed E-state index contributed by atoms with van der Waals surface area (Å²) >= 11 is 0. The number of benzene rings is 1. The second-order valence-electron chi connectivity index (χ2n) is 3.89. The lowest BCUT2D eigenvalue weighted by Gasteiger charge is -2.04. The molecular weight excluding hydrogens is 236 g/mol. The normalized spacial score (nSPS) is 10.3. The van der Waals surface area contributed by atoms with Crippen molar-refractivity contribution in [3.63, 3.8) is 0 Å². The smallest absolute Gasteiger partial charge is 0.315 e. The number of hydrogen-bond acceptors (Lipinski definition) is 5. The summed E-state index contributed by atoms with van der Waals surface area (Å²) in [5.41, 5.74) is 0.0145. The second kappa shape index (κ2) is 3.96. The fourth-order valence-corrected chi connectivity index (χ4v) is 1.78. The van der Waals surface area contributed by atoms with Gasteiger partial charge in [0, 0.05) is 5.56 Å². The first-order valence-corrected chi connectivity index (χ1v) is 5.07. The SMILES string of the molecule is Cc1cc2c(=O)c(C#N)coc2c([N+](=O)[O-])c1C. The predicted octanol–water partition coefficient (Wildman–Crippen LogP) is 2.19. The van der Waals surface area contributed by atoms with Crippen molar-refractivity contribution in [2.75, 3.05) is 0 Å². The van der Waals surface area contributed by atoms with Gasteiger partial charge in [0.2, 0.25) is 11.0 Å². The van der Waals surface area contributed by atoms with Gasteiger partial charge in [0.15, 0.2) is 0 Å². The molecule has 0 spiro atoms. The van der Waals surface area contributed by atoms with E-state index < -0.39 is 10.4 Å². The molecule has 0 bridgehead atoms. The van der Waals surface area contributed by atoms with Crippen molar-refractivity contribution < 1.29 is 9.34 Å². The van der Waals surface area contributed by atoms with Crippen molar-refractivity contribution >= 4 is 16.7 Å². The lowest BCUT2D eigenvalue weighted by molar-refractivity contribution is -0.384. The summed E-state index contributed by atoms with van der Waals surface area (Å²) in [4.78, 5) is 22.3. The third-order valence-corrected chi connectivity index (χ3v) is 2.85. The molecule has 0 aliphatic rings. The van der Waals surface area contributed by atoms with Gasteiger partial charge in [0.1, 0.15) is 17.9 Å². The number of nitro groups is 1. The second-order valence-corrected chi connectivity index (χ2v) is 3.89. The maximum atomic E-state index is 11.9. The molecule has 2 aromatic rings. The zero-order valence-electron chi connectivity index (χ0n) is 9.68. The molecule has 0 radical (unpaired) electrons. The van der Waals surface area contributed by atoms with Gasteiger partial charge in [-0.1, -0.05) is 0 Å². The van der Waals surface area contributed by atoms with Gasteiger partial charge in [0.05, 0.1) is 10.3 Å². The van der Waals surface area contributed by atoms with Crippen LogP contribution in [0.3, 0.4) is 0 Å². The highest BCUT2D eigenvalue weighted by Crippen LogP contribution is 2.30. The van der Waals surface area contributed by atoms with E-state index in [2.05, 4.69) is 0 Å². The van der Waals surface area contributed by atoms with Crippen LogP contribution in [0.15, 0.2) is 21.5 Å². The highest BCUT2D eigenvalue weighted by molar-refractivity contribution is 5.88. The first-order valence-electron chi connectivity index (χ1n) is 5.07. The van der Waals surface area contributed by atoms with Crippen LogP contribution in [-0.4, -0.2) is 4.92 Å². The van der Waals surface area contributed by atoms with E-state index in [1.165, 1.54) is 6.07 Å². The van der Waals surface area contributed by atoms with Crippen LogP contribution in [0.25, 0.3) is 11.0 Å². The summed E-state index contributed by atoms with van der Waals surface area (Å²) in [5.74, 6) is 0. The van der Waals surface area contributed by atoms with Gasteiger partial charge in [-0.3, -0.25) is 14.9 Å². The number of nitriles is 1. The Bertz CT molecular complexity index is 768. The number of rotatable bonds is 1. The lowest BCUT2D eigenvalue weighted by atomic mass is 10.0. The van der Waals surface area contributed by atoms with Crippen molar-refractivity contribution in [1.29, 1.82) is 5.26 Å². The maximum absolute atomic E-state index is 11.9. The molecule has 0 amide bonds. The Hall–Kier alpha value is -2.68. The molecule has 0 N–H and O–H groups in total. The van der Waals surface area contributed by atoms with Crippen molar-refractivity contribution in [3.05, 3.63) is 49.4 Å². The average molecular weight is 244 g/mol. The van der Waals surface area contributed by atoms with E-state index in [9.17, 15) is 14.9 Å². The molecule has 18 heavy (non-hydrogen) atoms. The average Bonchev–Trinajstić information content (AvgIpc) is 2.32. The molecule has 0 saturated heterocycles. The zero-order valence-corrected chi connectivity index (χ0v) is 9.68. The van der Waals surface area contributed by atoms with Gasteiger partial charge in [-0.05, 0) is 25.5 Å². The predicted molar refractivity (Wildman–Crippen MR) is 63.3 cm³/mol. The molecule has 6 nitrogen and oxygen atoms in total. The Morgan fingerprint density at radius 1 is 1.44 bits per heavy atom. The maximum Gasteiger partial charge on any atom is 0.315 e. The summed E-state index contributed by atoms with van der Waals surface area (Å²) < 4.78 is 5.08. The molecule has 6 heteroatoms. The molecule has 1 heterocycles. The Kier molecular flexibility index (Phi) is 2.60. The third-order valence-electron chi connectivity index (χ3n) is 2.85. The molecule has 0 fully saturated rings. The van der Waals surface area contributed by atoms with E-state index >= 15 is 0 Å². The quantitative estimate of drug-likeness (QED) is 0.565. The van der Waals surface area contributed by atoms with Crippen molar-refractivity contribution in [2.24, 2.45) is 0 Å². The number of aryl methyl sites for hydroxylation is 1. The summed E-state index contributed by atoms with van der Waals surface area (Å²) in [7, 11) is 0. The summed E-state index contributed by atoms with van der Waals surface area (Å²) in [6.07, 6.45) is 0.951. The first kappa shape index (κ1) is 11.8. The molecule has 2 rings (SSSR count). The molecule has 0 aliphatic heterocycles. The highest BCUT2D eigenvalue weighted by Gasteiger charge is 2.22. The Morgan fingerprint density at radius 2 is 2.11 bits per heavy atom. The van der Waals surface area contributed by atoms with E-state index in [-0.39, 0.29) is 22.2 Å². The van der Waals surface area contributed by atoms with E-state index in [4.69, 9.17) is 9.68 Å². The van der Waals surface area contributed by atoms with Crippen LogP contribution in [0.2, 0.25) is 0 Å². The molecule has 90 valence electrons. The lowest BCUT2D eigenvalue weighted by Crippen LogP contribution is -2.08. The topological polar surface area (TPSA) is 97.1 Å². The van der Waals surface area contributed by atoms with Crippen LogP contribution in [0.5, 0.6) is 0 Å². The molecule has 0 unspecified atom stereocenters. The third kappa shape index (κ3) is 1.53. The van der Waals surface area contributed by atoms with Gasteiger partial charge in [-0.25, -0.2) is 0 Å². The fraction of sp³-hybridized carbons (Fsp3) is 0.167. The Morgan fingerprint density at radius 3 is 2.67 bits per heavy atom. The largest absolute Gasteiger partial charge is 0.455 e. The van der Waals surface area contributed by atoms with Crippen LogP contribution in [0, 0.1) is 35.3 Å². The summed E-state index contributed by atoms with van der Waals surface area (Å²) in [6, 6.07) is 3.20. The molecule has 0 aliphatic carbocycles. The van der Waals surface area contributed by atoms with Gasteiger partial charge < -0.3 is 4.42 Å². The molecule has 1 aromatic heterocycles. The van der Waals surface area contributed by atoms with Crippen LogP contribution in [0.1, 0.15) is 16.7 Å². The molecule has 0 saturated carbocycles. The van der Waals surface area contributed by atoms with Crippen LogP contribution >= 0.6 is 0 Å². The number of nitrogens with zero attached hydrogens (tertiary/aromatic N) is 2. The van der Waals surface area contributed by atoms with Crippen molar-refractivity contribution in [2.45, 2.75) is 13.8 Å². The molecule has 0 atom stereocenters. The first-order chi connectivity index (χ1) is 8.47. The Labute approximate surface area is 101 Å².